The summed E-state index contributed by atoms with van der Waals surface area (Å²) in [5.74, 6) is 7.68. The van der Waals surface area contributed by atoms with Crippen LogP contribution in [0.3, 0.4) is 0 Å². The van der Waals surface area contributed by atoms with Crippen LogP contribution < -0.4 is 16.6 Å². The SMILES string of the molecule is Cc1nc(NN)c(C)c(NC(C)Cc2ccc(C)s2)n1. The maximum atomic E-state index is 5.48. The molecule has 0 bridgehead atoms. The lowest BCUT2D eigenvalue weighted by Crippen LogP contribution is -2.21. The summed E-state index contributed by atoms with van der Waals surface area (Å²) in [5.41, 5.74) is 3.55. The average Bonchev–Trinajstić information content (AvgIpc) is 2.78. The summed E-state index contributed by atoms with van der Waals surface area (Å²) in [6.45, 7) is 8.10. The Morgan fingerprint density at radius 1 is 1.20 bits per heavy atom. The normalized spacial score (nSPS) is 12.2. The fraction of sp³-hybridized carbons (Fsp3) is 0.429. The lowest BCUT2D eigenvalue weighted by Gasteiger charge is -2.17. The molecule has 2 rings (SSSR count). The van der Waals surface area contributed by atoms with E-state index in [1.165, 1.54) is 9.75 Å². The first-order chi connectivity index (χ1) is 9.49. The Hall–Kier alpha value is -1.66. The van der Waals surface area contributed by atoms with Gasteiger partial charge in [0.25, 0.3) is 0 Å². The molecule has 0 spiro atoms. The lowest BCUT2D eigenvalue weighted by molar-refractivity contribution is 0.789. The number of anilines is 2. The van der Waals surface area contributed by atoms with Crippen LogP contribution in [0.4, 0.5) is 11.6 Å². The summed E-state index contributed by atoms with van der Waals surface area (Å²) in [6.07, 6.45) is 0.979. The molecule has 1 atom stereocenters. The van der Waals surface area contributed by atoms with Gasteiger partial charge in [0.15, 0.2) is 0 Å². The van der Waals surface area contributed by atoms with Gasteiger partial charge < -0.3 is 10.7 Å². The van der Waals surface area contributed by atoms with Crippen molar-refractivity contribution in [2.45, 2.75) is 40.2 Å². The fourth-order valence-corrected chi connectivity index (χ4v) is 3.11. The summed E-state index contributed by atoms with van der Waals surface area (Å²) in [7, 11) is 0. The zero-order valence-electron chi connectivity index (χ0n) is 12.3. The number of hydrogen-bond acceptors (Lipinski definition) is 6. The van der Waals surface area contributed by atoms with Crippen LogP contribution in [0.25, 0.3) is 0 Å². The minimum atomic E-state index is 0.298. The molecule has 0 aromatic carbocycles. The van der Waals surface area contributed by atoms with E-state index in [1.54, 1.807) is 0 Å². The largest absolute Gasteiger partial charge is 0.367 e. The summed E-state index contributed by atoms with van der Waals surface area (Å²) < 4.78 is 0. The Morgan fingerprint density at radius 3 is 2.50 bits per heavy atom. The summed E-state index contributed by atoms with van der Waals surface area (Å²) in [4.78, 5) is 11.4. The summed E-state index contributed by atoms with van der Waals surface area (Å²) >= 11 is 1.84. The van der Waals surface area contributed by atoms with Crippen LogP contribution >= 0.6 is 11.3 Å². The van der Waals surface area contributed by atoms with Gasteiger partial charge >= 0.3 is 0 Å². The zero-order chi connectivity index (χ0) is 14.7. The molecule has 20 heavy (non-hydrogen) atoms. The maximum absolute atomic E-state index is 5.48. The van der Waals surface area contributed by atoms with E-state index < -0.39 is 0 Å². The van der Waals surface area contributed by atoms with Gasteiger partial charge in [0, 0.05) is 27.8 Å². The standard InChI is InChI=1S/C14H21N5S/c1-8(7-12-6-5-9(2)20-12)16-13-10(3)14(19-15)18-11(4)17-13/h5-6,8H,7,15H2,1-4H3,(H2,16,17,18,19). The van der Waals surface area contributed by atoms with E-state index in [1.807, 2.05) is 25.2 Å². The average molecular weight is 291 g/mol. The van der Waals surface area contributed by atoms with Crippen molar-refractivity contribution < 1.29 is 0 Å². The summed E-state index contributed by atoms with van der Waals surface area (Å²) in [6, 6.07) is 4.64. The Bertz CT molecular complexity index is 593. The van der Waals surface area contributed by atoms with Crippen molar-refractivity contribution in [1.29, 1.82) is 0 Å². The fourth-order valence-electron chi connectivity index (χ4n) is 2.09. The highest BCUT2D eigenvalue weighted by atomic mass is 32.1. The van der Waals surface area contributed by atoms with Gasteiger partial charge in [-0.3, -0.25) is 0 Å². The molecule has 2 aromatic rings. The molecule has 0 amide bonds. The monoisotopic (exact) mass is 291 g/mol. The molecular weight excluding hydrogens is 270 g/mol. The molecule has 4 N–H and O–H groups in total. The molecule has 5 nitrogen and oxygen atoms in total. The number of nitrogen functional groups attached to an aromatic ring is 1. The number of nitrogens with one attached hydrogen (secondary N) is 2. The van der Waals surface area contributed by atoms with E-state index in [-0.39, 0.29) is 0 Å². The molecule has 108 valence electrons. The van der Waals surface area contributed by atoms with Gasteiger partial charge in [-0.25, -0.2) is 15.8 Å². The summed E-state index contributed by atoms with van der Waals surface area (Å²) in [5, 5.41) is 3.44. The Kier molecular flexibility index (Phi) is 4.57. The van der Waals surface area contributed by atoms with Crippen LogP contribution in [0.1, 0.15) is 28.1 Å². The quantitative estimate of drug-likeness (QED) is 0.583. The van der Waals surface area contributed by atoms with E-state index in [0.717, 1.165) is 17.8 Å². The minimum absolute atomic E-state index is 0.298. The molecule has 0 saturated heterocycles. The molecule has 0 fully saturated rings. The van der Waals surface area contributed by atoms with Crippen LogP contribution in [0.2, 0.25) is 0 Å². The molecule has 0 aliphatic rings. The van der Waals surface area contributed by atoms with Crippen molar-refractivity contribution in [2.24, 2.45) is 5.84 Å². The van der Waals surface area contributed by atoms with Gasteiger partial charge in [-0.2, -0.15) is 0 Å². The number of hydrazine groups is 1. The van der Waals surface area contributed by atoms with E-state index in [9.17, 15) is 0 Å². The molecule has 2 heterocycles. The molecule has 0 aliphatic carbocycles. The zero-order valence-corrected chi connectivity index (χ0v) is 13.1. The van der Waals surface area contributed by atoms with Crippen LogP contribution in [0.5, 0.6) is 0 Å². The Balaban J connectivity index is 2.11. The second kappa shape index (κ2) is 6.19. The van der Waals surface area contributed by atoms with E-state index in [4.69, 9.17) is 5.84 Å². The van der Waals surface area contributed by atoms with Crippen molar-refractivity contribution in [1.82, 2.24) is 9.97 Å². The number of aryl methyl sites for hydroxylation is 2. The van der Waals surface area contributed by atoms with Crippen LogP contribution in [0.15, 0.2) is 12.1 Å². The van der Waals surface area contributed by atoms with Gasteiger partial charge in [0.05, 0.1) is 0 Å². The van der Waals surface area contributed by atoms with Gasteiger partial charge in [0.2, 0.25) is 0 Å². The van der Waals surface area contributed by atoms with Crippen LogP contribution in [0, 0.1) is 20.8 Å². The number of rotatable bonds is 5. The van der Waals surface area contributed by atoms with Gasteiger partial charge in [-0.1, -0.05) is 0 Å². The highest BCUT2D eigenvalue weighted by molar-refractivity contribution is 7.11. The molecule has 0 aliphatic heterocycles. The molecule has 0 radical (unpaired) electrons. The van der Waals surface area contributed by atoms with Crippen LogP contribution in [-0.4, -0.2) is 16.0 Å². The third-order valence-electron chi connectivity index (χ3n) is 3.08. The number of nitrogens with zero attached hydrogens (tertiary/aromatic N) is 2. The first kappa shape index (κ1) is 14.7. The number of aromatic nitrogens is 2. The van der Waals surface area contributed by atoms with Gasteiger partial charge in [-0.15, -0.1) is 11.3 Å². The lowest BCUT2D eigenvalue weighted by atomic mass is 10.2. The molecule has 0 saturated carbocycles. The highest BCUT2D eigenvalue weighted by Gasteiger charge is 2.12. The van der Waals surface area contributed by atoms with Crippen molar-refractivity contribution in [2.75, 3.05) is 10.7 Å². The van der Waals surface area contributed by atoms with Crippen molar-refractivity contribution in [3.63, 3.8) is 0 Å². The first-order valence-electron chi connectivity index (χ1n) is 6.63. The van der Waals surface area contributed by atoms with E-state index in [0.29, 0.717) is 17.7 Å². The third-order valence-corrected chi connectivity index (χ3v) is 4.10. The van der Waals surface area contributed by atoms with Crippen molar-refractivity contribution in [3.05, 3.63) is 33.3 Å². The molecule has 2 aromatic heterocycles. The topological polar surface area (TPSA) is 75.9 Å². The maximum Gasteiger partial charge on any atom is 0.148 e. The van der Waals surface area contributed by atoms with Crippen molar-refractivity contribution >= 4 is 23.0 Å². The first-order valence-corrected chi connectivity index (χ1v) is 7.45. The van der Waals surface area contributed by atoms with E-state index in [2.05, 4.69) is 46.7 Å². The number of nitrogens with two attached hydrogens (primary N) is 1. The third kappa shape index (κ3) is 3.46. The second-order valence-electron chi connectivity index (χ2n) is 5.00. The predicted molar refractivity (Wildman–Crippen MR) is 85.2 cm³/mol. The molecule has 1 unspecified atom stereocenters. The number of hydrogen-bond donors (Lipinski definition) is 3. The smallest absolute Gasteiger partial charge is 0.148 e. The Labute approximate surface area is 123 Å². The molecule has 6 heteroatoms. The van der Waals surface area contributed by atoms with Gasteiger partial charge in [0.1, 0.15) is 17.5 Å². The number of thiophene rings is 1. The molecular formula is C14H21N5S. The Morgan fingerprint density at radius 2 is 1.90 bits per heavy atom. The highest BCUT2D eigenvalue weighted by Crippen LogP contribution is 2.22. The van der Waals surface area contributed by atoms with Crippen LogP contribution in [-0.2, 0) is 6.42 Å². The minimum Gasteiger partial charge on any atom is -0.367 e. The van der Waals surface area contributed by atoms with Crippen molar-refractivity contribution in [3.8, 4) is 0 Å². The van der Waals surface area contributed by atoms with E-state index >= 15 is 0 Å². The van der Waals surface area contributed by atoms with Gasteiger partial charge in [-0.05, 0) is 39.8 Å². The second-order valence-corrected chi connectivity index (χ2v) is 6.37. The predicted octanol–water partition coefficient (Wildman–Crippen LogP) is 2.79.